The molecule has 86 valence electrons. The summed E-state index contributed by atoms with van der Waals surface area (Å²) in [5, 5.41) is 0. The Morgan fingerprint density at radius 1 is 1.44 bits per heavy atom. The number of carbonyl (C=O) groups excluding carboxylic acids is 1. The van der Waals surface area contributed by atoms with Crippen LogP contribution in [0.4, 0.5) is 0 Å². The number of aryl methyl sites for hydroxylation is 1. The van der Waals surface area contributed by atoms with Crippen LogP contribution in [0.1, 0.15) is 30.5 Å². The van der Waals surface area contributed by atoms with Gasteiger partial charge >= 0.3 is 0 Å². The van der Waals surface area contributed by atoms with Crippen LogP contribution in [-0.2, 0) is 11.2 Å². The van der Waals surface area contributed by atoms with Crippen molar-refractivity contribution < 1.29 is 9.53 Å². The molecule has 0 N–H and O–H groups in total. The van der Waals surface area contributed by atoms with Crippen molar-refractivity contribution in [2.75, 3.05) is 7.11 Å². The van der Waals surface area contributed by atoms with E-state index in [1.165, 1.54) is 0 Å². The standard InChI is InChI=1S/C14H18O2/c1-5-6-12-7-10(2)13(8-11(3)15)14(9-12)16-4/h5-7,9H,8H2,1-4H3/b6-5+. The zero-order valence-corrected chi connectivity index (χ0v) is 10.3. The maximum Gasteiger partial charge on any atom is 0.134 e. The molecule has 0 amide bonds. The Hall–Kier alpha value is -1.57. The first-order valence-corrected chi connectivity index (χ1v) is 5.38. The predicted molar refractivity (Wildman–Crippen MR) is 66.8 cm³/mol. The second-order valence-corrected chi connectivity index (χ2v) is 3.90. The molecule has 2 heteroatoms. The van der Waals surface area contributed by atoms with E-state index in [4.69, 9.17) is 4.74 Å². The van der Waals surface area contributed by atoms with Gasteiger partial charge < -0.3 is 4.74 Å². The molecule has 1 aromatic carbocycles. The molecule has 0 saturated heterocycles. The number of ketones is 1. The van der Waals surface area contributed by atoms with Crippen LogP contribution in [0, 0.1) is 6.92 Å². The second-order valence-electron chi connectivity index (χ2n) is 3.90. The van der Waals surface area contributed by atoms with E-state index in [1.807, 2.05) is 32.1 Å². The molecule has 0 fully saturated rings. The van der Waals surface area contributed by atoms with Gasteiger partial charge in [-0.05, 0) is 38.0 Å². The van der Waals surface area contributed by atoms with Crippen LogP contribution in [0.15, 0.2) is 18.2 Å². The van der Waals surface area contributed by atoms with Crippen molar-refractivity contribution in [3.8, 4) is 5.75 Å². The third-order valence-corrected chi connectivity index (χ3v) is 2.46. The van der Waals surface area contributed by atoms with Gasteiger partial charge in [0.15, 0.2) is 0 Å². The molecule has 0 aromatic heterocycles. The van der Waals surface area contributed by atoms with Gasteiger partial charge in [0.2, 0.25) is 0 Å². The van der Waals surface area contributed by atoms with E-state index in [-0.39, 0.29) is 5.78 Å². The summed E-state index contributed by atoms with van der Waals surface area (Å²) in [6.07, 6.45) is 4.44. The summed E-state index contributed by atoms with van der Waals surface area (Å²) in [5.74, 6) is 0.948. The first-order valence-electron chi connectivity index (χ1n) is 5.38. The lowest BCUT2D eigenvalue weighted by Gasteiger charge is -2.11. The summed E-state index contributed by atoms with van der Waals surface area (Å²) in [6, 6.07) is 4.03. The van der Waals surface area contributed by atoms with Gasteiger partial charge in [0.1, 0.15) is 11.5 Å². The Kier molecular flexibility index (Phi) is 4.29. The van der Waals surface area contributed by atoms with Crippen molar-refractivity contribution in [3.05, 3.63) is 34.9 Å². The van der Waals surface area contributed by atoms with E-state index in [0.29, 0.717) is 6.42 Å². The average molecular weight is 218 g/mol. The molecule has 0 heterocycles. The number of carbonyl (C=O) groups is 1. The van der Waals surface area contributed by atoms with E-state index in [9.17, 15) is 4.79 Å². The topological polar surface area (TPSA) is 26.3 Å². The van der Waals surface area contributed by atoms with Crippen molar-refractivity contribution in [1.29, 1.82) is 0 Å². The highest BCUT2D eigenvalue weighted by molar-refractivity contribution is 5.79. The summed E-state index contributed by atoms with van der Waals surface area (Å²) < 4.78 is 5.33. The number of Topliss-reactive ketones (excluding diaryl/α,β-unsaturated/α-hetero) is 1. The zero-order chi connectivity index (χ0) is 12.1. The van der Waals surface area contributed by atoms with Gasteiger partial charge in [-0.3, -0.25) is 4.79 Å². The minimum absolute atomic E-state index is 0.153. The quantitative estimate of drug-likeness (QED) is 0.776. The smallest absolute Gasteiger partial charge is 0.134 e. The monoisotopic (exact) mass is 218 g/mol. The molecule has 0 spiro atoms. The maximum absolute atomic E-state index is 11.2. The van der Waals surface area contributed by atoms with Crippen LogP contribution in [0.25, 0.3) is 6.08 Å². The number of hydrogen-bond donors (Lipinski definition) is 0. The van der Waals surface area contributed by atoms with E-state index in [0.717, 1.165) is 22.4 Å². The minimum Gasteiger partial charge on any atom is -0.496 e. The molecule has 16 heavy (non-hydrogen) atoms. The average Bonchev–Trinajstić information content (AvgIpc) is 2.21. The van der Waals surface area contributed by atoms with Gasteiger partial charge in [-0.25, -0.2) is 0 Å². The molecule has 0 unspecified atom stereocenters. The van der Waals surface area contributed by atoms with E-state index in [2.05, 4.69) is 6.07 Å². The molecule has 0 atom stereocenters. The molecule has 0 bridgehead atoms. The number of benzene rings is 1. The lowest BCUT2D eigenvalue weighted by Crippen LogP contribution is -2.02. The summed E-state index contributed by atoms with van der Waals surface area (Å²) in [5.41, 5.74) is 3.19. The van der Waals surface area contributed by atoms with E-state index >= 15 is 0 Å². The van der Waals surface area contributed by atoms with Crippen molar-refractivity contribution in [2.24, 2.45) is 0 Å². The lowest BCUT2D eigenvalue weighted by molar-refractivity contribution is -0.116. The fourth-order valence-corrected chi connectivity index (χ4v) is 1.76. The molecule has 0 aliphatic rings. The van der Waals surface area contributed by atoms with Crippen LogP contribution in [-0.4, -0.2) is 12.9 Å². The number of allylic oxidation sites excluding steroid dienone is 1. The van der Waals surface area contributed by atoms with Crippen molar-refractivity contribution in [3.63, 3.8) is 0 Å². The summed E-state index contributed by atoms with van der Waals surface area (Å²) >= 11 is 0. The van der Waals surface area contributed by atoms with Gasteiger partial charge in [-0.15, -0.1) is 0 Å². The van der Waals surface area contributed by atoms with Gasteiger partial charge in [0, 0.05) is 12.0 Å². The van der Waals surface area contributed by atoms with Crippen molar-refractivity contribution in [2.45, 2.75) is 27.2 Å². The third-order valence-electron chi connectivity index (χ3n) is 2.46. The van der Waals surface area contributed by atoms with Crippen LogP contribution in [0.2, 0.25) is 0 Å². The molecule has 2 nitrogen and oxygen atoms in total. The molecule has 0 aliphatic heterocycles. The summed E-state index contributed by atoms with van der Waals surface area (Å²) in [4.78, 5) is 11.2. The number of ether oxygens (including phenoxy) is 1. The van der Waals surface area contributed by atoms with Gasteiger partial charge in [-0.1, -0.05) is 18.2 Å². The van der Waals surface area contributed by atoms with Gasteiger partial charge in [0.25, 0.3) is 0 Å². The fraction of sp³-hybridized carbons (Fsp3) is 0.357. The number of hydrogen-bond acceptors (Lipinski definition) is 2. The predicted octanol–water partition coefficient (Wildman–Crippen LogP) is 3.17. The minimum atomic E-state index is 0.153. The Morgan fingerprint density at radius 2 is 2.12 bits per heavy atom. The normalized spacial score (nSPS) is 10.8. The molecule has 0 radical (unpaired) electrons. The van der Waals surface area contributed by atoms with Gasteiger partial charge in [0.05, 0.1) is 7.11 Å². The highest BCUT2D eigenvalue weighted by atomic mass is 16.5. The fourth-order valence-electron chi connectivity index (χ4n) is 1.76. The van der Waals surface area contributed by atoms with Crippen LogP contribution < -0.4 is 4.74 Å². The number of methoxy groups -OCH3 is 1. The Balaban J connectivity index is 3.22. The Labute approximate surface area is 96.9 Å². The maximum atomic E-state index is 11.2. The highest BCUT2D eigenvalue weighted by Gasteiger charge is 2.09. The first kappa shape index (κ1) is 12.5. The van der Waals surface area contributed by atoms with Crippen LogP contribution in [0.5, 0.6) is 5.75 Å². The zero-order valence-electron chi connectivity index (χ0n) is 10.3. The van der Waals surface area contributed by atoms with E-state index in [1.54, 1.807) is 14.0 Å². The largest absolute Gasteiger partial charge is 0.496 e. The SMILES string of the molecule is C/C=C/c1cc(C)c(CC(C)=O)c(OC)c1. The molecular formula is C14H18O2. The van der Waals surface area contributed by atoms with E-state index < -0.39 is 0 Å². The van der Waals surface area contributed by atoms with Crippen LogP contribution in [0.3, 0.4) is 0 Å². The molecular weight excluding hydrogens is 200 g/mol. The third kappa shape index (κ3) is 2.96. The molecule has 1 aromatic rings. The summed E-state index contributed by atoms with van der Waals surface area (Å²) in [7, 11) is 1.64. The Morgan fingerprint density at radius 3 is 2.62 bits per heavy atom. The molecule has 1 rings (SSSR count). The Bertz CT molecular complexity index is 417. The molecule has 0 aliphatic carbocycles. The summed E-state index contributed by atoms with van der Waals surface area (Å²) in [6.45, 7) is 5.58. The molecule has 0 saturated carbocycles. The lowest BCUT2D eigenvalue weighted by atomic mass is 9.99. The second kappa shape index (κ2) is 5.50. The highest BCUT2D eigenvalue weighted by Crippen LogP contribution is 2.25. The number of rotatable bonds is 4. The first-order chi connectivity index (χ1) is 7.58. The van der Waals surface area contributed by atoms with Gasteiger partial charge in [-0.2, -0.15) is 0 Å². The van der Waals surface area contributed by atoms with Crippen molar-refractivity contribution >= 4 is 11.9 Å². The van der Waals surface area contributed by atoms with Crippen LogP contribution >= 0.6 is 0 Å². The van der Waals surface area contributed by atoms with Crippen molar-refractivity contribution in [1.82, 2.24) is 0 Å².